The lowest BCUT2D eigenvalue weighted by atomic mass is 10.2. The summed E-state index contributed by atoms with van der Waals surface area (Å²) in [6.45, 7) is 4.99. The predicted octanol–water partition coefficient (Wildman–Crippen LogP) is 2.13. The minimum absolute atomic E-state index is 0.0129. The SMILES string of the molecule is COc1cc(OC)c2cc(C(=O)N3CCN(CC4CCCO4)CC3)[nH]c2c1OC. The molecule has 2 aliphatic rings. The van der Waals surface area contributed by atoms with Gasteiger partial charge in [0.1, 0.15) is 11.4 Å². The van der Waals surface area contributed by atoms with Crippen LogP contribution in [-0.4, -0.2) is 87.5 Å². The van der Waals surface area contributed by atoms with Gasteiger partial charge in [-0.05, 0) is 18.9 Å². The van der Waals surface area contributed by atoms with Crippen molar-refractivity contribution < 1.29 is 23.7 Å². The molecule has 0 radical (unpaired) electrons. The average molecular weight is 403 g/mol. The molecular formula is C21H29N3O5. The Morgan fingerprint density at radius 3 is 2.48 bits per heavy atom. The van der Waals surface area contributed by atoms with Gasteiger partial charge >= 0.3 is 0 Å². The maximum absolute atomic E-state index is 13.1. The van der Waals surface area contributed by atoms with Crippen LogP contribution in [0.3, 0.4) is 0 Å². The molecule has 0 bridgehead atoms. The third kappa shape index (κ3) is 3.86. The van der Waals surface area contributed by atoms with Crippen LogP contribution in [0.1, 0.15) is 23.3 Å². The number of amides is 1. The summed E-state index contributed by atoms with van der Waals surface area (Å²) >= 11 is 0. The summed E-state index contributed by atoms with van der Waals surface area (Å²) in [6, 6.07) is 3.60. The quantitative estimate of drug-likeness (QED) is 0.796. The van der Waals surface area contributed by atoms with Crippen molar-refractivity contribution in [1.29, 1.82) is 0 Å². The van der Waals surface area contributed by atoms with E-state index in [-0.39, 0.29) is 5.91 Å². The summed E-state index contributed by atoms with van der Waals surface area (Å²) in [4.78, 5) is 20.6. The number of hydrogen-bond acceptors (Lipinski definition) is 6. The number of methoxy groups -OCH3 is 3. The molecule has 2 saturated heterocycles. The van der Waals surface area contributed by atoms with Gasteiger partial charge in [0.25, 0.3) is 5.91 Å². The Morgan fingerprint density at radius 1 is 1.10 bits per heavy atom. The third-order valence-corrected chi connectivity index (χ3v) is 5.82. The first kappa shape index (κ1) is 19.8. The molecule has 1 aromatic carbocycles. The second-order valence-corrected chi connectivity index (χ2v) is 7.51. The highest BCUT2D eigenvalue weighted by atomic mass is 16.5. The van der Waals surface area contributed by atoms with Crippen LogP contribution in [0.25, 0.3) is 10.9 Å². The van der Waals surface area contributed by atoms with Gasteiger partial charge in [-0.15, -0.1) is 0 Å². The maximum atomic E-state index is 13.1. The van der Waals surface area contributed by atoms with Gasteiger partial charge in [-0.2, -0.15) is 0 Å². The molecule has 4 rings (SSSR count). The number of carbonyl (C=O) groups is 1. The molecule has 29 heavy (non-hydrogen) atoms. The number of carbonyl (C=O) groups excluding carboxylic acids is 1. The highest BCUT2D eigenvalue weighted by Crippen LogP contribution is 2.41. The number of nitrogens with one attached hydrogen (secondary N) is 1. The van der Waals surface area contributed by atoms with Gasteiger partial charge < -0.3 is 28.8 Å². The lowest BCUT2D eigenvalue weighted by Crippen LogP contribution is -2.50. The average Bonchev–Trinajstić information content (AvgIpc) is 3.42. The Labute approximate surface area is 170 Å². The molecule has 3 heterocycles. The zero-order valence-corrected chi connectivity index (χ0v) is 17.3. The number of fused-ring (bicyclic) bond motifs is 1. The molecule has 2 fully saturated rings. The molecule has 8 heteroatoms. The fraction of sp³-hybridized carbons (Fsp3) is 0.571. The Bertz CT molecular complexity index is 867. The molecule has 0 aliphatic carbocycles. The second kappa shape index (κ2) is 8.51. The van der Waals surface area contributed by atoms with Crippen LogP contribution in [0, 0.1) is 0 Å². The normalized spacial score (nSPS) is 20.2. The summed E-state index contributed by atoms with van der Waals surface area (Å²) < 4.78 is 22.1. The Hall–Kier alpha value is -2.45. The summed E-state index contributed by atoms with van der Waals surface area (Å²) in [5.41, 5.74) is 1.22. The van der Waals surface area contributed by atoms with Crippen molar-refractivity contribution in [2.45, 2.75) is 18.9 Å². The van der Waals surface area contributed by atoms with Gasteiger partial charge in [0.05, 0.1) is 33.0 Å². The molecule has 0 spiro atoms. The zero-order chi connectivity index (χ0) is 20.4. The minimum Gasteiger partial charge on any atom is -0.496 e. The Kier molecular flexibility index (Phi) is 5.82. The van der Waals surface area contributed by atoms with E-state index in [4.69, 9.17) is 18.9 Å². The van der Waals surface area contributed by atoms with Crippen LogP contribution in [0.5, 0.6) is 17.2 Å². The van der Waals surface area contributed by atoms with Crippen molar-refractivity contribution in [3.05, 3.63) is 17.8 Å². The lowest BCUT2D eigenvalue weighted by Gasteiger charge is -2.35. The number of ether oxygens (including phenoxy) is 4. The van der Waals surface area contributed by atoms with Crippen LogP contribution in [0.2, 0.25) is 0 Å². The van der Waals surface area contributed by atoms with Crippen molar-refractivity contribution in [3.63, 3.8) is 0 Å². The highest BCUT2D eigenvalue weighted by Gasteiger charge is 2.27. The smallest absolute Gasteiger partial charge is 0.270 e. The maximum Gasteiger partial charge on any atom is 0.270 e. The summed E-state index contributed by atoms with van der Waals surface area (Å²) in [6.07, 6.45) is 2.64. The molecule has 2 aromatic rings. The van der Waals surface area contributed by atoms with Crippen molar-refractivity contribution >= 4 is 16.8 Å². The topological polar surface area (TPSA) is 76.3 Å². The van der Waals surface area contributed by atoms with E-state index in [0.717, 1.165) is 44.5 Å². The number of H-pyrrole nitrogens is 1. The molecule has 158 valence electrons. The van der Waals surface area contributed by atoms with Gasteiger partial charge in [0.15, 0.2) is 11.5 Å². The first-order chi connectivity index (χ1) is 14.1. The monoisotopic (exact) mass is 403 g/mol. The fourth-order valence-electron chi connectivity index (χ4n) is 4.23. The van der Waals surface area contributed by atoms with E-state index in [1.807, 2.05) is 11.0 Å². The number of aromatic nitrogens is 1. The molecule has 0 saturated carbocycles. The van der Waals surface area contributed by atoms with Crippen molar-refractivity contribution in [2.24, 2.45) is 0 Å². The van der Waals surface area contributed by atoms with Crippen molar-refractivity contribution in [3.8, 4) is 17.2 Å². The fourth-order valence-corrected chi connectivity index (χ4v) is 4.23. The first-order valence-corrected chi connectivity index (χ1v) is 10.1. The van der Waals surface area contributed by atoms with E-state index < -0.39 is 0 Å². The van der Waals surface area contributed by atoms with Crippen LogP contribution in [0.15, 0.2) is 12.1 Å². The lowest BCUT2D eigenvalue weighted by molar-refractivity contribution is 0.0430. The van der Waals surface area contributed by atoms with E-state index in [0.29, 0.717) is 47.7 Å². The van der Waals surface area contributed by atoms with E-state index in [2.05, 4.69) is 9.88 Å². The summed E-state index contributed by atoms with van der Waals surface area (Å²) in [5, 5.41) is 0.797. The summed E-state index contributed by atoms with van der Waals surface area (Å²) in [7, 11) is 4.76. The standard InChI is InChI=1S/C21H29N3O5/c1-26-17-12-18(27-2)20(28-3)19-15(17)11-16(22-19)21(25)24-8-6-23(7-9-24)13-14-5-4-10-29-14/h11-12,14,22H,4-10,13H2,1-3H3. The number of piperazine rings is 1. The molecule has 1 N–H and O–H groups in total. The molecule has 1 atom stereocenters. The van der Waals surface area contributed by atoms with Crippen LogP contribution in [0.4, 0.5) is 0 Å². The molecule has 1 unspecified atom stereocenters. The predicted molar refractivity (Wildman–Crippen MR) is 109 cm³/mol. The van der Waals surface area contributed by atoms with Crippen LogP contribution >= 0.6 is 0 Å². The molecule has 2 aliphatic heterocycles. The van der Waals surface area contributed by atoms with E-state index >= 15 is 0 Å². The zero-order valence-electron chi connectivity index (χ0n) is 17.3. The summed E-state index contributed by atoms with van der Waals surface area (Å²) in [5.74, 6) is 1.74. The largest absolute Gasteiger partial charge is 0.496 e. The van der Waals surface area contributed by atoms with Gasteiger partial charge in [0, 0.05) is 50.8 Å². The molecule has 1 aromatic heterocycles. The molecule has 1 amide bonds. The number of nitrogens with zero attached hydrogens (tertiary/aromatic N) is 2. The number of benzene rings is 1. The van der Waals surface area contributed by atoms with E-state index in [1.54, 1.807) is 27.4 Å². The second-order valence-electron chi connectivity index (χ2n) is 7.51. The minimum atomic E-state index is -0.0129. The number of rotatable bonds is 6. The third-order valence-electron chi connectivity index (χ3n) is 5.82. The number of aromatic amines is 1. The highest BCUT2D eigenvalue weighted by molar-refractivity contribution is 6.02. The van der Waals surface area contributed by atoms with Gasteiger partial charge in [-0.1, -0.05) is 0 Å². The molecular weight excluding hydrogens is 374 g/mol. The Balaban J connectivity index is 1.50. The van der Waals surface area contributed by atoms with Crippen molar-refractivity contribution in [2.75, 3.05) is 60.7 Å². The van der Waals surface area contributed by atoms with E-state index in [1.165, 1.54) is 0 Å². The van der Waals surface area contributed by atoms with Gasteiger partial charge in [0.2, 0.25) is 0 Å². The van der Waals surface area contributed by atoms with Crippen molar-refractivity contribution in [1.82, 2.24) is 14.8 Å². The van der Waals surface area contributed by atoms with Gasteiger partial charge in [-0.25, -0.2) is 0 Å². The van der Waals surface area contributed by atoms with Gasteiger partial charge in [-0.3, -0.25) is 9.69 Å². The number of hydrogen-bond donors (Lipinski definition) is 1. The first-order valence-electron chi connectivity index (χ1n) is 10.1. The van der Waals surface area contributed by atoms with Crippen LogP contribution < -0.4 is 14.2 Å². The molecule has 8 nitrogen and oxygen atoms in total. The van der Waals surface area contributed by atoms with Crippen LogP contribution in [-0.2, 0) is 4.74 Å². The Morgan fingerprint density at radius 2 is 1.86 bits per heavy atom. The van der Waals surface area contributed by atoms with E-state index in [9.17, 15) is 4.79 Å².